The van der Waals surface area contributed by atoms with Crippen molar-refractivity contribution in [2.75, 3.05) is 11.8 Å². The van der Waals surface area contributed by atoms with E-state index in [1.54, 1.807) is 0 Å². The number of hydrogen-bond donors (Lipinski definition) is 0. The molecular formula is C4H8Cl2. The quantitative estimate of drug-likeness (QED) is 0.374. The van der Waals surface area contributed by atoms with Gasteiger partial charge in [-0.05, 0) is 0 Å². The van der Waals surface area contributed by atoms with Gasteiger partial charge < -0.3 is 0 Å². The molecule has 0 heterocycles. The monoisotopic (exact) mass is 126 g/mol. The van der Waals surface area contributed by atoms with Gasteiger partial charge in [-0.1, -0.05) is 0 Å². The van der Waals surface area contributed by atoms with E-state index in [-0.39, 0.29) is 0 Å². The van der Waals surface area contributed by atoms with E-state index in [0.29, 0.717) is 11.8 Å². The SMILES string of the molecule is C=C.ClCCCl. The average Bonchev–Trinajstić information content (AvgIpc) is 1.72. The second-order valence-corrected chi connectivity index (χ2v) is 1.13. The first-order chi connectivity index (χ1) is 2.91. The second-order valence-electron chi connectivity index (χ2n) is 0.378. The van der Waals surface area contributed by atoms with Gasteiger partial charge in [0, 0.05) is 11.8 Å². The molecular weight excluding hydrogens is 119 g/mol. The van der Waals surface area contributed by atoms with Gasteiger partial charge in [0.1, 0.15) is 0 Å². The highest BCUT2D eigenvalue weighted by Crippen LogP contribution is 1.75. The molecule has 38 valence electrons. The summed E-state index contributed by atoms with van der Waals surface area (Å²) in [5.74, 6) is 1.11. The fourth-order valence-electron chi connectivity index (χ4n) is 0. The summed E-state index contributed by atoms with van der Waals surface area (Å²) >= 11 is 10.1. The Labute approximate surface area is 48.8 Å². The van der Waals surface area contributed by atoms with Crippen LogP contribution in [0.15, 0.2) is 13.2 Å². The Morgan fingerprint density at radius 1 is 1.00 bits per heavy atom. The predicted octanol–water partition coefficient (Wildman–Crippen LogP) is 2.27. The molecule has 0 aliphatic rings. The highest BCUT2D eigenvalue weighted by Gasteiger charge is 1.61. The number of hydrogen-bond acceptors (Lipinski definition) is 0. The zero-order valence-corrected chi connectivity index (χ0v) is 5.10. The molecule has 0 bridgehead atoms. The Balaban J connectivity index is 0. The van der Waals surface area contributed by atoms with Crippen LogP contribution in [0.3, 0.4) is 0 Å². The predicted molar refractivity (Wildman–Crippen MR) is 32.7 cm³/mol. The molecule has 0 aromatic heterocycles. The smallest absolute Gasteiger partial charge is 0.0359 e. The summed E-state index contributed by atoms with van der Waals surface area (Å²) in [5, 5.41) is 0. The van der Waals surface area contributed by atoms with E-state index in [1.165, 1.54) is 0 Å². The van der Waals surface area contributed by atoms with Gasteiger partial charge in [-0.15, -0.1) is 36.4 Å². The molecule has 0 aromatic carbocycles. The van der Waals surface area contributed by atoms with E-state index < -0.39 is 0 Å². The fourth-order valence-corrected chi connectivity index (χ4v) is 0. The molecule has 0 N–H and O–H groups in total. The van der Waals surface area contributed by atoms with Gasteiger partial charge >= 0.3 is 0 Å². The lowest BCUT2D eigenvalue weighted by Crippen LogP contribution is -1.63. The lowest BCUT2D eigenvalue weighted by Gasteiger charge is -1.63. The summed E-state index contributed by atoms with van der Waals surface area (Å²) in [7, 11) is 0. The Kier molecular flexibility index (Phi) is 29.5. The molecule has 0 aliphatic carbocycles. The minimum Gasteiger partial charge on any atom is -0.125 e. The molecule has 0 radical (unpaired) electrons. The largest absolute Gasteiger partial charge is 0.125 e. The third-order valence-corrected chi connectivity index (χ3v) is 0.643. The second kappa shape index (κ2) is 18.4. The molecule has 0 aromatic rings. The molecule has 0 spiro atoms. The van der Waals surface area contributed by atoms with Crippen LogP contribution in [0.5, 0.6) is 0 Å². The summed E-state index contributed by atoms with van der Waals surface area (Å²) in [5.41, 5.74) is 0. The van der Waals surface area contributed by atoms with Gasteiger partial charge in [0.05, 0.1) is 0 Å². The van der Waals surface area contributed by atoms with Crippen molar-refractivity contribution in [2.45, 2.75) is 0 Å². The van der Waals surface area contributed by atoms with E-state index in [0.717, 1.165) is 0 Å². The van der Waals surface area contributed by atoms with E-state index in [4.69, 9.17) is 23.2 Å². The van der Waals surface area contributed by atoms with E-state index >= 15 is 0 Å². The van der Waals surface area contributed by atoms with Gasteiger partial charge in [0.25, 0.3) is 0 Å². The van der Waals surface area contributed by atoms with Crippen LogP contribution in [0.1, 0.15) is 0 Å². The normalized spacial score (nSPS) is 5.67. The first kappa shape index (κ1) is 9.58. The number of rotatable bonds is 1. The van der Waals surface area contributed by atoms with Crippen molar-refractivity contribution in [3.8, 4) is 0 Å². The van der Waals surface area contributed by atoms with Crippen molar-refractivity contribution < 1.29 is 0 Å². The van der Waals surface area contributed by atoms with Gasteiger partial charge in [-0.2, -0.15) is 0 Å². The van der Waals surface area contributed by atoms with Gasteiger partial charge in [0.15, 0.2) is 0 Å². The summed E-state index contributed by atoms with van der Waals surface area (Å²) in [6.45, 7) is 6.00. The van der Waals surface area contributed by atoms with Gasteiger partial charge in [-0.25, -0.2) is 0 Å². The summed E-state index contributed by atoms with van der Waals surface area (Å²) in [6.07, 6.45) is 0. The molecule has 0 amide bonds. The van der Waals surface area contributed by atoms with Crippen LogP contribution in [0, 0.1) is 0 Å². The third kappa shape index (κ3) is 27.3. The first-order valence-electron chi connectivity index (χ1n) is 1.53. The van der Waals surface area contributed by atoms with E-state index in [2.05, 4.69) is 13.2 Å². The minimum absolute atomic E-state index is 0.557. The first-order valence-corrected chi connectivity index (χ1v) is 2.60. The van der Waals surface area contributed by atoms with Crippen LogP contribution in [-0.2, 0) is 0 Å². The van der Waals surface area contributed by atoms with Crippen molar-refractivity contribution in [3.63, 3.8) is 0 Å². The topological polar surface area (TPSA) is 0 Å². The highest BCUT2D eigenvalue weighted by molar-refractivity contribution is 6.25. The average molecular weight is 127 g/mol. The number of halogens is 2. The molecule has 0 unspecified atom stereocenters. The Morgan fingerprint density at radius 3 is 1.17 bits per heavy atom. The van der Waals surface area contributed by atoms with Gasteiger partial charge in [0.2, 0.25) is 0 Å². The highest BCUT2D eigenvalue weighted by atomic mass is 35.5. The molecule has 0 nitrogen and oxygen atoms in total. The Hall–Kier alpha value is 0.320. The summed E-state index contributed by atoms with van der Waals surface area (Å²) < 4.78 is 0. The van der Waals surface area contributed by atoms with Crippen LogP contribution >= 0.6 is 23.2 Å². The molecule has 2 heteroatoms. The summed E-state index contributed by atoms with van der Waals surface area (Å²) in [6, 6.07) is 0. The van der Waals surface area contributed by atoms with Crippen molar-refractivity contribution in [2.24, 2.45) is 0 Å². The van der Waals surface area contributed by atoms with E-state index in [1.807, 2.05) is 0 Å². The van der Waals surface area contributed by atoms with Crippen LogP contribution in [0.4, 0.5) is 0 Å². The lowest BCUT2D eigenvalue weighted by atomic mass is 11.0. The fraction of sp³-hybridized carbons (Fsp3) is 0.500. The molecule has 0 saturated heterocycles. The Morgan fingerprint density at radius 2 is 1.17 bits per heavy atom. The van der Waals surface area contributed by atoms with E-state index in [9.17, 15) is 0 Å². The van der Waals surface area contributed by atoms with Crippen LogP contribution in [-0.4, -0.2) is 11.8 Å². The van der Waals surface area contributed by atoms with Gasteiger partial charge in [-0.3, -0.25) is 0 Å². The number of alkyl halides is 2. The lowest BCUT2D eigenvalue weighted by molar-refractivity contribution is 1.52. The Bertz CT molecular complexity index is 13.0. The van der Waals surface area contributed by atoms with Crippen LogP contribution in [0.25, 0.3) is 0 Å². The molecule has 0 fully saturated rings. The standard InChI is InChI=1S/C2H4Cl2.C2H4/c3-1-2-4;1-2/h1-2H2;1-2H2. The molecule has 6 heavy (non-hydrogen) atoms. The maximum absolute atomic E-state index is 5.05. The summed E-state index contributed by atoms with van der Waals surface area (Å²) in [4.78, 5) is 0. The molecule has 0 saturated carbocycles. The van der Waals surface area contributed by atoms with Crippen LogP contribution < -0.4 is 0 Å². The molecule has 0 atom stereocenters. The zero-order valence-electron chi connectivity index (χ0n) is 3.58. The third-order valence-electron chi connectivity index (χ3n) is 0.0714. The van der Waals surface area contributed by atoms with Crippen LogP contribution in [0.2, 0.25) is 0 Å². The molecule has 0 aliphatic heterocycles. The molecule has 0 rings (SSSR count). The minimum atomic E-state index is 0.557. The van der Waals surface area contributed by atoms with Crippen molar-refractivity contribution in [1.82, 2.24) is 0 Å². The van der Waals surface area contributed by atoms with Crippen molar-refractivity contribution in [3.05, 3.63) is 13.2 Å². The zero-order chi connectivity index (χ0) is 5.41. The maximum Gasteiger partial charge on any atom is 0.0359 e. The van der Waals surface area contributed by atoms with Crippen molar-refractivity contribution in [1.29, 1.82) is 0 Å². The van der Waals surface area contributed by atoms with Crippen molar-refractivity contribution >= 4 is 23.2 Å². The maximum atomic E-state index is 5.05.